The number of amides is 1. The van der Waals surface area contributed by atoms with Crippen LogP contribution in [-0.2, 0) is 26.6 Å². The van der Waals surface area contributed by atoms with E-state index >= 15 is 0 Å². The molecule has 26 heavy (non-hydrogen) atoms. The van der Waals surface area contributed by atoms with Crippen LogP contribution in [0.15, 0.2) is 36.4 Å². The first-order valence-electron chi connectivity index (χ1n) is 8.61. The fourth-order valence-electron chi connectivity index (χ4n) is 3.26. The molecule has 3 heterocycles. The van der Waals surface area contributed by atoms with Crippen molar-refractivity contribution in [2.75, 3.05) is 6.54 Å². The lowest BCUT2D eigenvalue weighted by Crippen LogP contribution is -2.38. The van der Waals surface area contributed by atoms with Gasteiger partial charge in [-0.1, -0.05) is 41.9 Å². The second-order valence-electron chi connectivity index (χ2n) is 6.61. The molecule has 6 nitrogen and oxygen atoms in total. The van der Waals surface area contributed by atoms with Gasteiger partial charge in [-0.25, -0.2) is 0 Å². The van der Waals surface area contributed by atoms with Gasteiger partial charge in [0.2, 0.25) is 0 Å². The number of carbonyl (C=O) groups excluding carboxylic acids is 1. The van der Waals surface area contributed by atoms with E-state index in [1.54, 1.807) is 16.6 Å². The van der Waals surface area contributed by atoms with Crippen molar-refractivity contribution >= 4 is 17.5 Å². The average molecular weight is 370 g/mol. The molecule has 1 aliphatic rings. The summed E-state index contributed by atoms with van der Waals surface area (Å²) in [5, 5.41) is 9.39. The van der Waals surface area contributed by atoms with Crippen molar-refractivity contribution in [2.45, 2.75) is 26.4 Å². The lowest BCUT2D eigenvalue weighted by Gasteiger charge is -2.27. The number of aryl methyl sites for hydroxylation is 1. The van der Waals surface area contributed by atoms with Gasteiger partial charge in [0.15, 0.2) is 5.69 Å². The maximum Gasteiger partial charge on any atom is 0.276 e. The molecule has 4 rings (SSSR count). The van der Waals surface area contributed by atoms with Crippen LogP contribution in [0.5, 0.6) is 0 Å². The highest BCUT2D eigenvalue weighted by atomic mass is 35.5. The summed E-state index contributed by atoms with van der Waals surface area (Å²) in [6.07, 6.45) is 0.792. The third-order valence-corrected chi connectivity index (χ3v) is 5.28. The van der Waals surface area contributed by atoms with Gasteiger partial charge in [0.05, 0.1) is 35.2 Å². The van der Waals surface area contributed by atoms with Crippen molar-refractivity contribution in [1.82, 2.24) is 24.5 Å². The topological polar surface area (TPSA) is 56.0 Å². The molecule has 1 amide bonds. The highest BCUT2D eigenvalue weighted by Gasteiger charge is 2.27. The van der Waals surface area contributed by atoms with Crippen molar-refractivity contribution in [2.24, 2.45) is 7.05 Å². The maximum atomic E-state index is 12.8. The van der Waals surface area contributed by atoms with Crippen molar-refractivity contribution in [3.8, 4) is 0 Å². The molecule has 0 N–H and O–H groups in total. The minimum atomic E-state index is -0.129. The van der Waals surface area contributed by atoms with Gasteiger partial charge in [-0.05, 0) is 18.6 Å². The molecule has 0 fully saturated rings. The van der Waals surface area contributed by atoms with E-state index in [9.17, 15) is 4.79 Å². The van der Waals surface area contributed by atoms with E-state index in [2.05, 4.69) is 28.4 Å². The smallest absolute Gasteiger partial charge is 0.276 e. The zero-order chi connectivity index (χ0) is 18.3. The van der Waals surface area contributed by atoms with Crippen LogP contribution in [0.1, 0.15) is 33.1 Å². The van der Waals surface area contributed by atoms with E-state index in [0.29, 0.717) is 30.4 Å². The predicted molar refractivity (Wildman–Crippen MR) is 99.2 cm³/mol. The Morgan fingerprint density at radius 2 is 1.96 bits per heavy atom. The lowest BCUT2D eigenvalue weighted by molar-refractivity contribution is 0.0699. The number of hydrogen-bond acceptors (Lipinski definition) is 3. The van der Waals surface area contributed by atoms with Crippen molar-refractivity contribution in [3.63, 3.8) is 0 Å². The van der Waals surface area contributed by atoms with Gasteiger partial charge in [-0.2, -0.15) is 10.2 Å². The zero-order valence-corrected chi connectivity index (χ0v) is 15.6. The van der Waals surface area contributed by atoms with Gasteiger partial charge < -0.3 is 4.90 Å². The van der Waals surface area contributed by atoms with E-state index in [1.807, 2.05) is 29.8 Å². The molecule has 0 unspecified atom stereocenters. The van der Waals surface area contributed by atoms with E-state index in [1.165, 1.54) is 5.56 Å². The summed E-state index contributed by atoms with van der Waals surface area (Å²) >= 11 is 6.27. The molecule has 1 aliphatic heterocycles. The van der Waals surface area contributed by atoms with Gasteiger partial charge in [-0.3, -0.25) is 14.2 Å². The van der Waals surface area contributed by atoms with Crippen LogP contribution in [0, 0.1) is 6.92 Å². The molecule has 0 saturated carbocycles. The Balaban J connectivity index is 1.52. The van der Waals surface area contributed by atoms with Crippen LogP contribution in [0.2, 0.25) is 5.02 Å². The summed E-state index contributed by atoms with van der Waals surface area (Å²) in [4.78, 5) is 14.6. The second-order valence-corrected chi connectivity index (χ2v) is 6.99. The van der Waals surface area contributed by atoms with Crippen LogP contribution in [0.4, 0.5) is 0 Å². The Morgan fingerprint density at radius 1 is 1.19 bits per heavy atom. The Labute approximate surface area is 157 Å². The van der Waals surface area contributed by atoms with E-state index < -0.39 is 0 Å². The van der Waals surface area contributed by atoms with Crippen LogP contribution in [-0.4, -0.2) is 36.9 Å². The molecule has 0 radical (unpaired) electrons. The average Bonchev–Trinajstić information content (AvgIpc) is 3.16. The molecule has 0 saturated heterocycles. The second kappa shape index (κ2) is 6.61. The summed E-state index contributed by atoms with van der Waals surface area (Å²) in [6, 6.07) is 12.3. The van der Waals surface area contributed by atoms with Gasteiger partial charge in [0.25, 0.3) is 5.91 Å². The standard InChI is InChI=1S/C19H20ClN5O/c1-13-17(20)18(22-23(13)2)19(26)24-8-9-25-16(12-24)11-15(21-25)10-14-6-4-3-5-7-14/h3-7,11H,8-10,12H2,1-2H3. The molecular weight excluding hydrogens is 350 g/mol. The fourth-order valence-corrected chi connectivity index (χ4v) is 3.50. The number of benzene rings is 1. The van der Waals surface area contributed by atoms with Crippen molar-refractivity contribution < 1.29 is 4.79 Å². The summed E-state index contributed by atoms with van der Waals surface area (Å²) in [6.45, 7) is 3.66. The highest BCUT2D eigenvalue weighted by Crippen LogP contribution is 2.23. The van der Waals surface area contributed by atoms with Crippen LogP contribution >= 0.6 is 11.6 Å². The van der Waals surface area contributed by atoms with Gasteiger partial charge in [0.1, 0.15) is 0 Å². The molecule has 2 aromatic heterocycles. The number of hydrogen-bond donors (Lipinski definition) is 0. The number of carbonyl (C=O) groups is 1. The highest BCUT2D eigenvalue weighted by molar-refractivity contribution is 6.34. The van der Waals surface area contributed by atoms with Gasteiger partial charge >= 0.3 is 0 Å². The molecule has 0 bridgehead atoms. The third kappa shape index (κ3) is 3.01. The Morgan fingerprint density at radius 3 is 2.65 bits per heavy atom. The van der Waals surface area contributed by atoms with Crippen molar-refractivity contribution in [3.05, 3.63) is 69.8 Å². The molecule has 0 spiro atoms. The van der Waals surface area contributed by atoms with E-state index in [-0.39, 0.29) is 5.91 Å². The number of fused-ring (bicyclic) bond motifs is 1. The minimum absolute atomic E-state index is 0.129. The summed E-state index contributed by atoms with van der Waals surface area (Å²) in [5.41, 5.74) is 4.41. The number of aromatic nitrogens is 4. The summed E-state index contributed by atoms with van der Waals surface area (Å²) in [5.74, 6) is -0.129. The molecule has 0 atom stereocenters. The number of rotatable bonds is 3. The lowest BCUT2D eigenvalue weighted by atomic mass is 10.1. The largest absolute Gasteiger partial charge is 0.329 e. The SMILES string of the molecule is Cc1c(Cl)c(C(=O)N2CCn3nc(Cc4ccccc4)cc3C2)nn1C. The molecule has 3 aromatic rings. The van der Waals surface area contributed by atoms with Crippen LogP contribution in [0.25, 0.3) is 0 Å². The number of halogens is 1. The van der Waals surface area contributed by atoms with E-state index in [0.717, 1.165) is 23.5 Å². The normalized spacial score (nSPS) is 13.7. The van der Waals surface area contributed by atoms with Gasteiger partial charge in [0, 0.05) is 20.0 Å². The first-order valence-corrected chi connectivity index (χ1v) is 8.98. The zero-order valence-electron chi connectivity index (χ0n) is 14.8. The first kappa shape index (κ1) is 16.8. The predicted octanol–water partition coefficient (Wildman–Crippen LogP) is 2.83. The molecule has 0 aliphatic carbocycles. The Bertz CT molecular complexity index is 960. The Hall–Kier alpha value is -2.60. The molecular formula is C19H20ClN5O. The quantitative estimate of drug-likeness (QED) is 0.713. The van der Waals surface area contributed by atoms with Gasteiger partial charge in [-0.15, -0.1) is 0 Å². The first-order chi connectivity index (χ1) is 12.5. The summed E-state index contributed by atoms with van der Waals surface area (Å²) < 4.78 is 3.63. The Kier molecular flexibility index (Phi) is 4.28. The van der Waals surface area contributed by atoms with Crippen LogP contribution in [0.3, 0.4) is 0 Å². The summed E-state index contributed by atoms with van der Waals surface area (Å²) in [7, 11) is 1.79. The molecule has 134 valence electrons. The maximum absolute atomic E-state index is 12.8. The molecule has 7 heteroatoms. The van der Waals surface area contributed by atoms with Crippen LogP contribution < -0.4 is 0 Å². The monoisotopic (exact) mass is 369 g/mol. The van der Waals surface area contributed by atoms with Crippen molar-refractivity contribution in [1.29, 1.82) is 0 Å². The minimum Gasteiger partial charge on any atom is -0.329 e. The third-order valence-electron chi connectivity index (χ3n) is 4.83. The number of nitrogens with zero attached hydrogens (tertiary/aromatic N) is 5. The fraction of sp³-hybridized carbons (Fsp3) is 0.316. The molecule has 1 aromatic carbocycles. The van der Waals surface area contributed by atoms with E-state index in [4.69, 9.17) is 11.6 Å².